The van der Waals surface area contributed by atoms with Crippen molar-refractivity contribution in [3.8, 4) is 17.2 Å². The molecule has 6 nitrogen and oxygen atoms in total. The van der Waals surface area contributed by atoms with Crippen molar-refractivity contribution in [3.05, 3.63) is 82.9 Å². The molecule has 3 N–H and O–H groups in total. The highest BCUT2D eigenvalue weighted by Gasteiger charge is 2.07. The maximum absolute atomic E-state index is 6.13. The Balaban J connectivity index is 0.00000341. The van der Waals surface area contributed by atoms with E-state index in [9.17, 15) is 0 Å². The molecule has 0 aliphatic heterocycles. The molecule has 0 fully saturated rings. The van der Waals surface area contributed by atoms with Crippen molar-refractivity contribution in [1.29, 1.82) is 0 Å². The van der Waals surface area contributed by atoms with Gasteiger partial charge in [-0.15, -0.1) is 24.0 Å². The highest BCUT2D eigenvalue weighted by atomic mass is 127. The fraction of sp³-hybridized carbons (Fsp3) is 0.174. The normalized spacial score (nSPS) is 10.7. The quantitative estimate of drug-likeness (QED) is 0.219. The van der Waals surface area contributed by atoms with E-state index in [0.29, 0.717) is 35.4 Å². The molecule has 0 aliphatic carbocycles. The summed E-state index contributed by atoms with van der Waals surface area (Å²) in [6.45, 7) is 0.855. The third-order valence-electron chi connectivity index (χ3n) is 4.32. The maximum Gasteiger partial charge on any atom is 0.193 e. The van der Waals surface area contributed by atoms with Crippen molar-refractivity contribution in [1.82, 2.24) is 0 Å². The van der Waals surface area contributed by atoms with E-state index in [4.69, 9.17) is 31.5 Å². The minimum absolute atomic E-state index is 0. The van der Waals surface area contributed by atoms with Crippen LogP contribution >= 0.6 is 35.6 Å². The number of nitrogens with one attached hydrogen (secondary N) is 1. The first kappa shape index (κ1) is 24.6. The molecule has 0 heterocycles. The standard InChI is InChI=1S/C23H24ClN3O3.HI/c1-28-20-11-9-18(13-19(20)24)27-23(25)26-14-17-8-10-21(22(12-17)29-2)30-15-16-6-4-3-5-7-16;/h3-13H,14-15H2,1-2H3,(H3,25,26,27);1H. The van der Waals surface area contributed by atoms with Crippen LogP contribution in [0.1, 0.15) is 11.1 Å². The average Bonchev–Trinajstić information content (AvgIpc) is 2.77. The Morgan fingerprint density at radius 1 is 0.903 bits per heavy atom. The number of halogens is 2. The molecule has 3 aromatic rings. The molecule has 0 bridgehead atoms. The fourth-order valence-electron chi connectivity index (χ4n) is 2.77. The van der Waals surface area contributed by atoms with E-state index in [1.54, 1.807) is 26.4 Å². The van der Waals surface area contributed by atoms with Crippen LogP contribution in [0.25, 0.3) is 0 Å². The first-order valence-electron chi connectivity index (χ1n) is 9.33. The molecule has 0 spiro atoms. The van der Waals surface area contributed by atoms with Crippen molar-refractivity contribution in [2.75, 3.05) is 19.5 Å². The van der Waals surface area contributed by atoms with Crippen molar-refractivity contribution in [2.45, 2.75) is 13.2 Å². The van der Waals surface area contributed by atoms with E-state index in [0.717, 1.165) is 16.8 Å². The second kappa shape index (κ2) is 12.3. The summed E-state index contributed by atoms with van der Waals surface area (Å²) >= 11 is 6.13. The number of anilines is 1. The van der Waals surface area contributed by atoms with Gasteiger partial charge in [-0.3, -0.25) is 0 Å². The van der Waals surface area contributed by atoms with Gasteiger partial charge in [0.15, 0.2) is 17.5 Å². The summed E-state index contributed by atoms with van der Waals surface area (Å²) in [5.74, 6) is 2.19. The molecule has 0 aliphatic rings. The van der Waals surface area contributed by atoms with Crippen LogP contribution in [0, 0.1) is 0 Å². The molecule has 3 aromatic carbocycles. The minimum atomic E-state index is 0. The average molecular weight is 554 g/mol. The summed E-state index contributed by atoms with van der Waals surface area (Å²) in [5, 5.41) is 3.51. The Bertz CT molecular complexity index is 1020. The monoisotopic (exact) mass is 553 g/mol. The van der Waals surface area contributed by atoms with Crippen LogP contribution in [0.15, 0.2) is 71.7 Å². The van der Waals surface area contributed by atoms with Gasteiger partial charge in [0.25, 0.3) is 0 Å². The van der Waals surface area contributed by atoms with Gasteiger partial charge in [0.1, 0.15) is 12.4 Å². The van der Waals surface area contributed by atoms with Gasteiger partial charge in [0.05, 0.1) is 25.8 Å². The van der Waals surface area contributed by atoms with E-state index in [1.165, 1.54) is 0 Å². The molecule has 0 radical (unpaired) electrons. The molecule has 164 valence electrons. The first-order valence-corrected chi connectivity index (χ1v) is 9.71. The predicted molar refractivity (Wildman–Crippen MR) is 136 cm³/mol. The third-order valence-corrected chi connectivity index (χ3v) is 4.62. The van der Waals surface area contributed by atoms with Gasteiger partial charge < -0.3 is 25.3 Å². The number of ether oxygens (including phenoxy) is 3. The Morgan fingerprint density at radius 2 is 1.61 bits per heavy atom. The zero-order valence-corrected chi connectivity index (χ0v) is 20.4. The van der Waals surface area contributed by atoms with Gasteiger partial charge in [0, 0.05) is 5.69 Å². The van der Waals surface area contributed by atoms with E-state index in [-0.39, 0.29) is 29.9 Å². The maximum atomic E-state index is 6.13. The number of hydrogen-bond acceptors (Lipinski definition) is 4. The number of aliphatic imine (C=N–C) groups is 1. The van der Waals surface area contributed by atoms with Gasteiger partial charge in [-0.1, -0.05) is 48.0 Å². The summed E-state index contributed by atoms with van der Waals surface area (Å²) in [6.07, 6.45) is 0. The minimum Gasteiger partial charge on any atom is -0.495 e. The van der Waals surface area contributed by atoms with Crippen molar-refractivity contribution >= 4 is 47.2 Å². The van der Waals surface area contributed by atoms with Crippen molar-refractivity contribution < 1.29 is 14.2 Å². The fourth-order valence-corrected chi connectivity index (χ4v) is 3.03. The number of nitrogens with two attached hydrogens (primary N) is 1. The number of rotatable bonds is 8. The highest BCUT2D eigenvalue weighted by molar-refractivity contribution is 14.0. The van der Waals surface area contributed by atoms with E-state index in [1.807, 2.05) is 54.6 Å². The van der Waals surface area contributed by atoms with Gasteiger partial charge in [-0.2, -0.15) is 0 Å². The number of methoxy groups -OCH3 is 2. The van der Waals surface area contributed by atoms with Gasteiger partial charge in [-0.25, -0.2) is 4.99 Å². The topological polar surface area (TPSA) is 78.1 Å². The Morgan fingerprint density at radius 3 is 2.29 bits per heavy atom. The molecule has 31 heavy (non-hydrogen) atoms. The van der Waals surface area contributed by atoms with E-state index in [2.05, 4.69) is 10.3 Å². The summed E-state index contributed by atoms with van der Waals surface area (Å²) in [6, 6.07) is 21.0. The lowest BCUT2D eigenvalue weighted by atomic mass is 10.2. The Kier molecular flexibility index (Phi) is 9.74. The van der Waals surface area contributed by atoms with Crippen molar-refractivity contribution in [3.63, 3.8) is 0 Å². The van der Waals surface area contributed by atoms with Gasteiger partial charge in [-0.05, 0) is 41.5 Å². The molecule has 0 unspecified atom stereocenters. The lowest BCUT2D eigenvalue weighted by Gasteiger charge is -2.12. The number of benzene rings is 3. The van der Waals surface area contributed by atoms with Crippen LogP contribution in [0.3, 0.4) is 0 Å². The lowest BCUT2D eigenvalue weighted by Crippen LogP contribution is -2.22. The number of guanidine groups is 1. The summed E-state index contributed by atoms with van der Waals surface area (Å²) in [4.78, 5) is 4.37. The van der Waals surface area contributed by atoms with Gasteiger partial charge >= 0.3 is 0 Å². The molecular formula is C23H25ClIN3O3. The zero-order valence-electron chi connectivity index (χ0n) is 17.3. The van der Waals surface area contributed by atoms with Crippen LogP contribution in [-0.2, 0) is 13.2 Å². The molecule has 0 atom stereocenters. The molecule has 0 saturated carbocycles. The Hall–Kier alpha value is -2.65. The van der Waals surface area contributed by atoms with Gasteiger partial charge in [0.2, 0.25) is 0 Å². The van der Waals surface area contributed by atoms with Crippen LogP contribution < -0.4 is 25.3 Å². The SMILES string of the molecule is COc1ccc(NC(N)=NCc2ccc(OCc3ccccc3)c(OC)c2)cc1Cl.I. The molecule has 3 rings (SSSR count). The number of hydrogen-bond donors (Lipinski definition) is 2. The molecule has 0 saturated heterocycles. The summed E-state index contributed by atoms with van der Waals surface area (Å²) in [7, 11) is 3.18. The summed E-state index contributed by atoms with van der Waals surface area (Å²) < 4.78 is 16.5. The van der Waals surface area contributed by atoms with E-state index >= 15 is 0 Å². The highest BCUT2D eigenvalue weighted by Crippen LogP contribution is 2.29. The van der Waals surface area contributed by atoms with Crippen molar-refractivity contribution in [2.24, 2.45) is 10.7 Å². The third kappa shape index (κ3) is 7.22. The lowest BCUT2D eigenvalue weighted by molar-refractivity contribution is 0.284. The van der Waals surface area contributed by atoms with E-state index < -0.39 is 0 Å². The predicted octanol–water partition coefficient (Wildman–Crippen LogP) is 5.48. The Labute approximate surface area is 204 Å². The largest absolute Gasteiger partial charge is 0.495 e. The van der Waals surface area contributed by atoms with Crippen LogP contribution in [0.2, 0.25) is 5.02 Å². The molecule has 0 amide bonds. The zero-order chi connectivity index (χ0) is 21.3. The second-order valence-electron chi connectivity index (χ2n) is 6.44. The number of nitrogens with zero attached hydrogens (tertiary/aromatic N) is 1. The molecule has 0 aromatic heterocycles. The molecular weight excluding hydrogens is 529 g/mol. The summed E-state index contributed by atoms with van der Waals surface area (Å²) in [5.41, 5.74) is 8.75. The van der Waals surface area contributed by atoms with Crippen LogP contribution in [-0.4, -0.2) is 20.2 Å². The smallest absolute Gasteiger partial charge is 0.193 e. The second-order valence-corrected chi connectivity index (χ2v) is 6.84. The van der Waals surface area contributed by atoms with Crippen LogP contribution in [0.4, 0.5) is 5.69 Å². The van der Waals surface area contributed by atoms with Crippen LogP contribution in [0.5, 0.6) is 17.2 Å². The molecule has 8 heteroatoms. The first-order chi connectivity index (χ1) is 14.6.